The van der Waals surface area contributed by atoms with Crippen molar-refractivity contribution < 1.29 is 18.0 Å². The molecule has 1 amide bonds. The van der Waals surface area contributed by atoms with Gasteiger partial charge in [0.05, 0.1) is 23.3 Å². The zero-order valence-corrected chi connectivity index (χ0v) is 17.3. The van der Waals surface area contributed by atoms with Crippen molar-refractivity contribution in [1.82, 2.24) is 29.6 Å². The fourth-order valence-corrected chi connectivity index (χ4v) is 3.79. The van der Waals surface area contributed by atoms with Gasteiger partial charge in [0.1, 0.15) is 6.33 Å². The Bertz CT molecular complexity index is 1470. The summed E-state index contributed by atoms with van der Waals surface area (Å²) in [7, 11) is 1.77. The van der Waals surface area contributed by atoms with Gasteiger partial charge in [-0.15, -0.1) is 0 Å². The Morgan fingerprint density at radius 3 is 2.55 bits per heavy atom. The summed E-state index contributed by atoms with van der Waals surface area (Å²) < 4.78 is 42.4. The second kappa shape index (κ2) is 7.73. The number of alkyl halides is 3. The number of aromatic nitrogens is 5. The Balaban J connectivity index is 1.55. The first-order valence-corrected chi connectivity index (χ1v) is 10.00. The zero-order chi connectivity index (χ0) is 23.2. The molecular formula is C23H17F3N6O. The van der Waals surface area contributed by atoms with Crippen molar-refractivity contribution in [2.75, 3.05) is 0 Å². The molecule has 0 bridgehead atoms. The molecule has 3 heterocycles. The Morgan fingerprint density at radius 2 is 1.85 bits per heavy atom. The molecule has 0 saturated carbocycles. The molecule has 5 aromatic rings. The van der Waals surface area contributed by atoms with E-state index in [1.807, 2.05) is 6.20 Å². The molecule has 0 aliphatic carbocycles. The third kappa shape index (κ3) is 3.79. The van der Waals surface area contributed by atoms with Crippen molar-refractivity contribution in [3.63, 3.8) is 0 Å². The Morgan fingerprint density at radius 1 is 1.06 bits per heavy atom. The van der Waals surface area contributed by atoms with Crippen LogP contribution in [-0.4, -0.2) is 30.2 Å². The number of fused-ring (bicyclic) bond motifs is 3. The SMILES string of the molecule is Cn1cc2c3cc(C(=O)NCc4ccncn4)ccc3n(-c3ccc(C(F)(F)F)cc3)c2n1. The first-order valence-electron chi connectivity index (χ1n) is 10.00. The van der Waals surface area contributed by atoms with Crippen LogP contribution in [0.5, 0.6) is 0 Å². The third-order valence-corrected chi connectivity index (χ3v) is 5.34. The Hall–Kier alpha value is -4.21. The predicted octanol–water partition coefficient (Wildman–Crippen LogP) is 4.26. The van der Waals surface area contributed by atoms with Gasteiger partial charge in [-0.2, -0.15) is 18.3 Å². The molecule has 1 N–H and O–H groups in total. The maximum absolute atomic E-state index is 13.0. The highest BCUT2D eigenvalue weighted by atomic mass is 19.4. The van der Waals surface area contributed by atoms with E-state index in [2.05, 4.69) is 20.4 Å². The highest BCUT2D eigenvalue weighted by molar-refractivity contribution is 6.10. The summed E-state index contributed by atoms with van der Waals surface area (Å²) in [6.45, 7) is 0.258. The Labute approximate surface area is 185 Å². The van der Waals surface area contributed by atoms with Crippen LogP contribution in [0.2, 0.25) is 0 Å². The van der Waals surface area contributed by atoms with Crippen molar-refractivity contribution in [1.29, 1.82) is 0 Å². The van der Waals surface area contributed by atoms with E-state index in [1.165, 1.54) is 18.5 Å². The van der Waals surface area contributed by atoms with Gasteiger partial charge >= 0.3 is 6.18 Å². The second-order valence-corrected chi connectivity index (χ2v) is 7.54. The first kappa shape index (κ1) is 20.7. The summed E-state index contributed by atoms with van der Waals surface area (Å²) in [5, 5.41) is 8.88. The molecule has 7 nitrogen and oxygen atoms in total. The van der Waals surface area contributed by atoms with E-state index in [-0.39, 0.29) is 12.5 Å². The van der Waals surface area contributed by atoms with Gasteiger partial charge in [-0.3, -0.25) is 14.0 Å². The number of benzene rings is 2. The number of rotatable bonds is 4. The van der Waals surface area contributed by atoms with E-state index in [1.54, 1.807) is 46.8 Å². The van der Waals surface area contributed by atoms with Crippen molar-refractivity contribution >= 4 is 27.8 Å². The van der Waals surface area contributed by atoms with Gasteiger partial charge in [-0.1, -0.05) is 0 Å². The number of carbonyl (C=O) groups is 1. The van der Waals surface area contributed by atoms with Crippen LogP contribution in [0.4, 0.5) is 13.2 Å². The predicted molar refractivity (Wildman–Crippen MR) is 116 cm³/mol. The van der Waals surface area contributed by atoms with Crippen LogP contribution in [0.1, 0.15) is 21.6 Å². The van der Waals surface area contributed by atoms with Crippen LogP contribution in [-0.2, 0) is 19.8 Å². The van der Waals surface area contributed by atoms with Gasteiger partial charge in [0, 0.05) is 41.5 Å². The summed E-state index contributed by atoms with van der Waals surface area (Å²) in [4.78, 5) is 20.7. The molecule has 0 aliphatic heterocycles. The van der Waals surface area contributed by atoms with E-state index in [4.69, 9.17) is 0 Å². The minimum Gasteiger partial charge on any atom is -0.346 e. The van der Waals surface area contributed by atoms with Crippen LogP contribution < -0.4 is 5.32 Å². The second-order valence-electron chi connectivity index (χ2n) is 7.54. The van der Waals surface area contributed by atoms with E-state index < -0.39 is 11.7 Å². The smallest absolute Gasteiger partial charge is 0.346 e. The van der Waals surface area contributed by atoms with Crippen molar-refractivity contribution in [2.45, 2.75) is 12.7 Å². The fourth-order valence-electron chi connectivity index (χ4n) is 3.79. The minimum absolute atomic E-state index is 0.258. The fraction of sp³-hybridized carbons (Fsp3) is 0.130. The normalized spacial score (nSPS) is 11.9. The molecule has 0 radical (unpaired) electrons. The van der Waals surface area contributed by atoms with Crippen LogP contribution in [0.15, 0.2) is 67.3 Å². The van der Waals surface area contributed by atoms with Gasteiger partial charge in [0.25, 0.3) is 5.91 Å². The van der Waals surface area contributed by atoms with E-state index >= 15 is 0 Å². The topological polar surface area (TPSA) is 77.6 Å². The molecule has 166 valence electrons. The molecular weight excluding hydrogens is 433 g/mol. The molecule has 0 aliphatic rings. The van der Waals surface area contributed by atoms with Crippen molar-refractivity contribution in [2.24, 2.45) is 7.05 Å². The molecule has 0 saturated heterocycles. The summed E-state index contributed by atoms with van der Waals surface area (Å²) >= 11 is 0. The molecule has 33 heavy (non-hydrogen) atoms. The summed E-state index contributed by atoms with van der Waals surface area (Å²) in [6.07, 6.45) is 0.423. The maximum Gasteiger partial charge on any atom is 0.416 e. The van der Waals surface area contributed by atoms with Crippen LogP contribution in [0, 0.1) is 0 Å². The van der Waals surface area contributed by atoms with Gasteiger partial charge in [-0.25, -0.2) is 9.97 Å². The van der Waals surface area contributed by atoms with E-state index in [0.29, 0.717) is 22.6 Å². The summed E-state index contributed by atoms with van der Waals surface area (Å²) in [6, 6.07) is 11.8. The van der Waals surface area contributed by atoms with Gasteiger partial charge in [0.15, 0.2) is 5.65 Å². The van der Waals surface area contributed by atoms with E-state index in [0.717, 1.165) is 28.4 Å². The molecule has 0 unspecified atom stereocenters. The maximum atomic E-state index is 13.0. The number of hydrogen-bond donors (Lipinski definition) is 1. The molecule has 10 heteroatoms. The Kier molecular flexibility index (Phi) is 4.85. The van der Waals surface area contributed by atoms with Gasteiger partial charge in [0.2, 0.25) is 0 Å². The lowest BCUT2D eigenvalue weighted by Crippen LogP contribution is -2.23. The number of amides is 1. The molecule has 0 spiro atoms. The lowest BCUT2D eigenvalue weighted by Gasteiger charge is -2.10. The van der Waals surface area contributed by atoms with Crippen molar-refractivity contribution in [3.05, 3.63) is 84.1 Å². The molecule has 5 rings (SSSR count). The van der Waals surface area contributed by atoms with Crippen molar-refractivity contribution in [3.8, 4) is 5.69 Å². The monoisotopic (exact) mass is 450 g/mol. The molecule has 3 aromatic heterocycles. The summed E-state index contributed by atoms with van der Waals surface area (Å²) in [5.41, 5.74) is 2.28. The van der Waals surface area contributed by atoms with Gasteiger partial charge < -0.3 is 5.32 Å². The number of halogens is 3. The number of aryl methyl sites for hydroxylation is 1. The zero-order valence-electron chi connectivity index (χ0n) is 17.3. The highest BCUT2D eigenvalue weighted by Gasteiger charge is 2.30. The molecule has 0 atom stereocenters. The number of nitrogens with zero attached hydrogens (tertiary/aromatic N) is 5. The molecule has 2 aromatic carbocycles. The minimum atomic E-state index is -4.41. The number of hydrogen-bond acceptors (Lipinski definition) is 4. The largest absolute Gasteiger partial charge is 0.416 e. The molecule has 0 fully saturated rings. The van der Waals surface area contributed by atoms with Crippen LogP contribution in [0.3, 0.4) is 0 Å². The lowest BCUT2D eigenvalue weighted by atomic mass is 10.1. The highest BCUT2D eigenvalue weighted by Crippen LogP contribution is 2.34. The quantitative estimate of drug-likeness (QED) is 0.444. The lowest BCUT2D eigenvalue weighted by molar-refractivity contribution is -0.137. The average molecular weight is 450 g/mol. The van der Waals surface area contributed by atoms with Crippen LogP contribution in [0.25, 0.3) is 27.6 Å². The standard InChI is InChI=1S/C23H17F3N6O/c1-31-12-19-18-10-14(22(33)28-11-16-8-9-27-13-29-16)2-7-20(18)32(21(19)30-31)17-5-3-15(4-6-17)23(24,25)26/h2-10,12-13H,11H2,1H3,(H,28,33). The van der Waals surface area contributed by atoms with Crippen LogP contribution >= 0.6 is 0 Å². The van der Waals surface area contributed by atoms with Gasteiger partial charge in [-0.05, 0) is 48.5 Å². The number of nitrogens with one attached hydrogen (secondary N) is 1. The number of carbonyl (C=O) groups excluding carboxylic acids is 1. The average Bonchev–Trinajstić information content (AvgIpc) is 3.32. The van der Waals surface area contributed by atoms with E-state index in [9.17, 15) is 18.0 Å². The summed E-state index contributed by atoms with van der Waals surface area (Å²) in [5.74, 6) is -0.269. The first-order chi connectivity index (χ1) is 15.8. The third-order valence-electron chi connectivity index (χ3n) is 5.34.